The summed E-state index contributed by atoms with van der Waals surface area (Å²) in [7, 11) is 0.0287. The normalized spacial score (nSPS) is 19.4. The Balaban J connectivity index is 1.95. The number of hydrogen-bond donors (Lipinski definition) is 1. The van der Waals surface area contributed by atoms with Crippen LogP contribution in [-0.4, -0.2) is 44.9 Å². The SMILES string of the molecule is CN(C)S(=O)(=O)CCNC1CSCc2ccccc21. The second-order valence-corrected chi connectivity index (χ2v) is 8.15. The van der Waals surface area contributed by atoms with E-state index in [1.807, 2.05) is 17.8 Å². The predicted octanol–water partition coefficient (Wildman–Crippen LogP) is 1.46. The molecule has 1 aliphatic rings. The Bertz CT molecular complexity index is 529. The van der Waals surface area contributed by atoms with Crippen molar-refractivity contribution in [1.29, 1.82) is 0 Å². The molecule has 4 nitrogen and oxygen atoms in total. The molecule has 6 heteroatoms. The van der Waals surface area contributed by atoms with Gasteiger partial charge in [0.25, 0.3) is 0 Å². The van der Waals surface area contributed by atoms with Gasteiger partial charge in [0.1, 0.15) is 0 Å². The van der Waals surface area contributed by atoms with E-state index in [1.54, 1.807) is 14.1 Å². The molecule has 106 valence electrons. The number of rotatable bonds is 5. The first kappa shape index (κ1) is 14.8. The van der Waals surface area contributed by atoms with Crippen molar-refractivity contribution in [3.05, 3.63) is 35.4 Å². The molecular weight excluding hydrogens is 280 g/mol. The minimum Gasteiger partial charge on any atom is -0.308 e. The second-order valence-electron chi connectivity index (χ2n) is 4.82. The summed E-state index contributed by atoms with van der Waals surface area (Å²) in [5.74, 6) is 2.19. The smallest absolute Gasteiger partial charge is 0.214 e. The van der Waals surface area contributed by atoms with Crippen molar-refractivity contribution in [2.24, 2.45) is 0 Å². The topological polar surface area (TPSA) is 49.4 Å². The molecule has 2 rings (SSSR count). The van der Waals surface area contributed by atoms with E-state index >= 15 is 0 Å². The third-order valence-corrected chi connectivity index (χ3v) is 6.20. The van der Waals surface area contributed by atoms with Gasteiger partial charge in [0.05, 0.1) is 5.75 Å². The van der Waals surface area contributed by atoms with E-state index in [4.69, 9.17) is 0 Å². The number of hydrogen-bond acceptors (Lipinski definition) is 4. The lowest BCUT2D eigenvalue weighted by molar-refractivity contribution is 0.512. The minimum absolute atomic E-state index is 0.142. The third-order valence-electron chi connectivity index (χ3n) is 3.28. The summed E-state index contributed by atoms with van der Waals surface area (Å²) in [5.41, 5.74) is 2.66. The fourth-order valence-corrected chi connectivity index (χ4v) is 3.97. The van der Waals surface area contributed by atoms with Crippen LogP contribution in [0, 0.1) is 0 Å². The average Bonchev–Trinajstić information content (AvgIpc) is 2.38. The minimum atomic E-state index is -3.11. The van der Waals surface area contributed by atoms with Crippen LogP contribution in [0.5, 0.6) is 0 Å². The Morgan fingerprint density at radius 2 is 2.11 bits per heavy atom. The van der Waals surface area contributed by atoms with Crippen LogP contribution in [0.1, 0.15) is 17.2 Å². The van der Waals surface area contributed by atoms with Crippen LogP contribution >= 0.6 is 11.8 Å². The van der Waals surface area contributed by atoms with Crippen LogP contribution in [-0.2, 0) is 15.8 Å². The number of sulfonamides is 1. The summed E-state index contributed by atoms with van der Waals surface area (Å²) in [6.07, 6.45) is 0. The van der Waals surface area contributed by atoms with Crippen LogP contribution in [0.4, 0.5) is 0 Å². The van der Waals surface area contributed by atoms with Gasteiger partial charge in [0.2, 0.25) is 10.0 Å². The molecule has 0 bridgehead atoms. The maximum absolute atomic E-state index is 11.7. The summed E-state index contributed by atoms with van der Waals surface area (Å²) in [6.45, 7) is 0.486. The Morgan fingerprint density at radius 3 is 2.84 bits per heavy atom. The zero-order chi connectivity index (χ0) is 13.9. The van der Waals surface area contributed by atoms with Crippen molar-refractivity contribution in [3.8, 4) is 0 Å². The molecule has 1 aromatic carbocycles. The second kappa shape index (κ2) is 6.26. The van der Waals surface area contributed by atoms with Crippen molar-refractivity contribution in [3.63, 3.8) is 0 Å². The Morgan fingerprint density at radius 1 is 1.37 bits per heavy atom. The quantitative estimate of drug-likeness (QED) is 0.894. The first-order valence-corrected chi connectivity index (χ1v) is 9.06. The summed E-state index contributed by atoms with van der Waals surface area (Å²) in [5, 5.41) is 3.36. The van der Waals surface area contributed by atoms with Crippen molar-refractivity contribution in [1.82, 2.24) is 9.62 Å². The zero-order valence-electron chi connectivity index (χ0n) is 11.3. The van der Waals surface area contributed by atoms with Crippen LogP contribution in [0.2, 0.25) is 0 Å². The maximum Gasteiger partial charge on any atom is 0.214 e. The molecule has 1 aliphatic heterocycles. The zero-order valence-corrected chi connectivity index (χ0v) is 12.9. The standard InChI is InChI=1S/C13H20N2O2S2/c1-15(2)19(16,17)8-7-14-13-10-18-9-11-5-3-4-6-12(11)13/h3-6,13-14H,7-10H2,1-2H3. The van der Waals surface area contributed by atoms with E-state index in [9.17, 15) is 8.42 Å². The molecule has 1 aromatic rings. The lowest BCUT2D eigenvalue weighted by atomic mass is 10.0. The van der Waals surface area contributed by atoms with E-state index in [1.165, 1.54) is 15.4 Å². The van der Waals surface area contributed by atoms with Crippen LogP contribution < -0.4 is 5.32 Å². The molecule has 0 saturated carbocycles. The fraction of sp³-hybridized carbons (Fsp3) is 0.538. The maximum atomic E-state index is 11.7. The molecule has 1 N–H and O–H groups in total. The number of thioether (sulfide) groups is 1. The van der Waals surface area contributed by atoms with Crippen molar-refractivity contribution in [2.75, 3.05) is 32.1 Å². The lowest BCUT2D eigenvalue weighted by Crippen LogP contribution is -2.34. The van der Waals surface area contributed by atoms with Gasteiger partial charge in [-0.25, -0.2) is 12.7 Å². The van der Waals surface area contributed by atoms with Gasteiger partial charge in [-0.1, -0.05) is 24.3 Å². The highest BCUT2D eigenvalue weighted by Gasteiger charge is 2.20. The van der Waals surface area contributed by atoms with Gasteiger partial charge in [-0.15, -0.1) is 0 Å². The molecule has 0 aliphatic carbocycles. The largest absolute Gasteiger partial charge is 0.308 e. The third kappa shape index (κ3) is 3.72. The van der Waals surface area contributed by atoms with Crippen molar-refractivity contribution >= 4 is 21.8 Å². The highest BCUT2D eigenvalue weighted by atomic mass is 32.2. The highest BCUT2D eigenvalue weighted by molar-refractivity contribution is 7.98. The van der Waals surface area contributed by atoms with Crippen molar-refractivity contribution in [2.45, 2.75) is 11.8 Å². The van der Waals surface area contributed by atoms with Crippen LogP contribution in [0.15, 0.2) is 24.3 Å². The summed E-state index contributed by atoms with van der Waals surface area (Å²) in [4.78, 5) is 0. The van der Waals surface area contributed by atoms with Crippen LogP contribution in [0.3, 0.4) is 0 Å². The summed E-state index contributed by atoms with van der Waals surface area (Å²) >= 11 is 1.89. The number of nitrogens with zero attached hydrogens (tertiary/aromatic N) is 1. The molecule has 0 aromatic heterocycles. The molecule has 0 fully saturated rings. The molecule has 0 spiro atoms. The molecule has 0 radical (unpaired) electrons. The van der Waals surface area contributed by atoms with Gasteiger partial charge in [-0.3, -0.25) is 0 Å². The lowest BCUT2D eigenvalue weighted by Gasteiger charge is -2.26. The molecule has 0 amide bonds. The Hall–Kier alpha value is -0.560. The van der Waals surface area contributed by atoms with Gasteiger partial charge in [-0.05, 0) is 11.1 Å². The van der Waals surface area contributed by atoms with E-state index in [0.29, 0.717) is 6.54 Å². The van der Waals surface area contributed by atoms with Crippen molar-refractivity contribution < 1.29 is 8.42 Å². The molecule has 19 heavy (non-hydrogen) atoms. The van der Waals surface area contributed by atoms with Gasteiger partial charge < -0.3 is 5.32 Å². The van der Waals surface area contributed by atoms with Gasteiger partial charge in [0, 0.05) is 38.2 Å². The molecular formula is C13H20N2O2S2. The molecule has 0 saturated heterocycles. The summed E-state index contributed by atoms with van der Waals surface area (Å²) in [6, 6.07) is 8.63. The van der Waals surface area contributed by atoms with Gasteiger partial charge in [-0.2, -0.15) is 11.8 Å². The molecule has 1 unspecified atom stereocenters. The first-order chi connectivity index (χ1) is 9.00. The van der Waals surface area contributed by atoms with Gasteiger partial charge in [0.15, 0.2) is 0 Å². The van der Waals surface area contributed by atoms with E-state index in [2.05, 4.69) is 23.5 Å². The number of nitrogens with one attached hydrogen (secondary N) is 1. The summed E-state index contributed by atoms with van der Waals surface area (Å²) < 4.78 is 24.7. The number of benzene rings is 1. The first-order valence-electron chi connectivity index (χ1n) is 6.30. The highest BCUT2D eigenvalue weighted by Crippen LogP contribution is 2.31. The van der Waals surface area contributed by atoms with E-state index in [0.717, 1.165) is 11.5 Å². The van der Waals surface area contributed by atoms with E-state index < -0.39 is 10.0 Å². The monoisotopic (exact) mass is 300 g/mol. The fourth-order valence-electron chi connectivity index (χ4n) is 2.10. The van der Waals surface area contributed by atoms with Gasteiger partial charge >= 0.3 is 0 Å². The average molecular weight is 300 g/mol. The predicted molar refractivity (Wildman–Crippen MR) is 80.8 cm³/mol. The number of fused-ring (bicyclic) bond motifs is 1. The molecule has 1 atom stereocenters. The van der Waals surface area contributed by atoms with E-state index in [-0.39, 0.29) is 11.8 Å². The van der Waals surface area contributed by atoms with Crippen LogP contribution in [0.25, 0.3) is 0 Å². The Labute approximate surface area is 119 Å². The Kier molecular flexibility index (Phi) is 4.89. The molecule has 1 heterocycles.